The summed E-state index contributed by atoms with van der Waals surface area (Å²) in [7, 11) is 0. The quantitative estimate of drug-likeness (QED) is 0.368. The minimum Gasteiger partial charge on any atom is -0.376 e. The van der Waals surface area contributed by atoms with E-state index in [-0.39, 0.29) is 0 Å². The number of ether oxygens (including phenoxy) is 1. The van der Waals surface area contributed by atoms with E-state index in [4.69, 9.17) is 17.0 Å². The van der Waals surface area contributed by atoms with Crippen LogP contribution in [0, 0.1) is 4.77 Å². The Balaban J connectivity index is 1.67. The predicted octanol–water partition coefficient (Wildman–Crippen LogP) is 4.58. The number of H-pyrrole nitrogens is 1. The van der Waals surface area contributed by atoms with Crippen molar-refractivity contribution in [2.45, 2.75) is 76.9 Å². The summed E-state index contributed by atoms with van der Waals surface area (Å²) in [5.41, 5.74) is 0. The van der Waals surface area contributed by atoms with Gasteiger partial charge < -0.3 is 9.30 Å². The van der Waals surface area contributed by atoms with Gasteiger partial charge in [-0.1, -0.05) is 31.8 Å². The molecule has 0 amide bonds. The second kappa shape index (κ2) is 9.95. The molecule has 1 unspecified atom stereocenters. The van der Waals surface area contributed by atoms with Crippen LogP contribution in [0.2, 0.25) is 0 Å². The number of aromatic amines is 1. The number of rotatable bonds is 11. The summed E-state index contributed by atoms with van der Waals surface area (Å²) < 4.78 is 8.58. The molecule has 4 nitrogen and oxygen atoms in total. The average Bonchev–Trinajstić information content (AvgIpc) is 3.14. The van der Waals surface area contributed by atoms with Gasteiger partial charge >= 0.3 is 0 Å². The number of unbranched alkanes of at least 4 members (excludes halogenated alkanes) is 6. The molecule has 2 rings (SSSR count). The fourth-order valence-electron chi connectivity index (χ4n) is 3.00. The third-order valence-corrected chi connectivity index (χ3v) is 4.62. The molecule has 22 heavy (non-hydrogen) atoms. The second-order valence-corrected chi connectivity index (χ2v) is 6.53. The maximum Gasteiger partial charge on any atom is 0.195 e. The van der Waals surface area contributed by atoms with Gasteiger partial charge in [0.1, 0.15) is 5.82 Å². The van der Waals surface area contributed by atoms with Crippen molar-refractivity contribution in [1.82, 2.24) is 14.8 Å². The topological polar surface area (TPSA) is 42.8 Å². The number of aromatic nitrogens is 3. The molecule has 1 fully saturated rings. The molecule has 1 N–H and O–H groups in total. The van der Waals surface area contributed by atoms with Gasteiger partial charge in [0.2, 0.25) is 0 Å². The fourth-order valence-corrected chi connectivity index (χ4v) is 3.23. The van der Waals surface area contributed by atoms with Crippen molar-refractivity contribution >= 4 is 12.2 Å². The first-order chi connectivity index (χ1) is 10.8. The zero-order valence-electron chi connectivity index (χ0n) is 13.6. The highest BCUT2D eigenvalue weighted by molar-refractivity contribution is 7.71. The van der Waals surface area contributed by atoms with Crippen molar-refractivity contribution in [3.8, 4) is 0 Å². The summed E-state index contributed by atoms with van der Waals surface area (Å²) >= 11 is 5.35. The monoisotopic (exact) mass is 323 g/mol. The van der Waals surface area contributed by atoms with Gasteiger partial charge in [0, 0.05) is 13.0 Å². The molecular weight excluding hydrogens is 294 g/mol. The third kappa shape index (κ3) is 5.69. The Morgan fingerprint density at radius 3 is 2.77 bits per heavy atom. The van der Waals surface area contributed by atoms with E-state index in [1.165, 1.54) is 38.5 Å². The molecule has 0 aliphatic carbocycles. The number of aryl methyl sites for hydroxylation is 1. The van der Waals surface area contributed by atoms with Crippen LogP contribution in [-0.4, -0.2) is 27.5 Å². The Morgan fingerprint density at radius 2 is 2.05 bits per heavy atom. The standard InChI is InChI=1S/C17H29N3OS/c1-2-3-4-5-6-7-8-9-12-16-18-19-17(22)20(16)14-15-11-10-13-21-15/h2,15H,1,3-14H2,(H,19,22). The summed E-state index contributed by atoms with van der Waals surface area (Å²) in [5.74, 6) is 1.09. The van der Waals surface area contributed by atoms with E-state index in [1.54, 1.807) is 0 Å². The Kier molecular flexibility index (Phi) is 7.88. The molecule has 1 saturated heterocycles. The molecule has 1 aromatic heterocycles. The summed E-state index contributed by atoms with van der Waals surface area (Å²) in [5, 5.41) is 7.33. The lowest BCUT2D eigenvalue weighted by molar-refractivity contribution is 0.0958. The van der Waals surface area contributed by atoms with Crippen molar-refractivity contribution in [3.63, 3.8) is 0 Å². The summed E-state index contributed by atoms with van der Waals surface area (Å²) in [4.78, 5) is 0. The Labute approximate surface area is 139 Å². The molecule has 0 radical (unpaired) electrons. The maximum absolute atomic E-state index is 5.71. The van der Waals surface area contributed by atoms with E-state index >= 15 is 0 Å². The van der Waals surface area contributed by atoms with Crippen LogP contribution in [0.15, 0.2) is 12.7 Å². The van der Waals surface area contributed by atoms with Crippen molar-refractivity contribution in [3.05, 3.63) is 23.3 Å². The zero-order valence-corrected chi connectivity index (χ0v) is 14.4. The SMILES string of the molecule is C=CCCCCCCCCc1n[nH]c(=S)n1CC1CCCO1. The second-order valence-electron chi connectivity index (χ2n) is 6.14. The van der Waals surface area contributed by atoms with Gasteiger partial charge in [0.15, 0.2) is 4.77 Å². The van der Waals surface area contributed by atoms with Gasteiger partial charge in [0.25, 0.3) is 0 Å². The number of allylic oxidation sites excluding steroid dienone is 1. The van der Waals surface area contributed by atoms with Crippen LogP contribution in [0.25, 0.3) is 0 Å². The van der Waals surface area contributed by atoms with Crippen LogP contribution in [0.3, 0.4) is 0 Å². The van der Waals surface area contributed by atoms with E-state index in [0.29, 0.717) is 6.10 Å². The first kappa shape index (κ1) is 17.4. The van der Waals surface area contributed by atoms with E-state index in [1.807, 2.05) is 6.08 Å². The van der Waals surface area contributed by atoms with Crippen molar-refractivity contribution in [2.75, 3.05) is 6.61 Å². The van der Waals surface area contributed by atoms with Gasteiger partial charge in [-0.3, -0.25) is 5.10 Å². The highest BCUT2D eigenvalue weighted by Crippen LogP contribution is 2.16. The summed E-state index contributed by atoms with van der Waals surface area (Å²) in [6, 6.07) is 0. The summed E-state index contributed by atoms with van der Waals surface area (Å²) in [6.07, 6.45) is 14.5. The molecule has 0 bridgehead atoms. The van der Waals surface area contributed by atoms with Gasteiger partial charge in [-0.15, -0.1) is 6.58 Å². The molecular formula is C17H29N3OS. The smallest absolute Gasteiger partial charge is 0.195 e. The van der Waals surface area contributed by atoms with Gasteiger partial charge in [-0.05, 0) is 44.3 Å². The van der Waals surface area contributed by atoms with E-state index < -0.39 is 0 Å². The Hall–Kier alpha value is -0.940. The van der Waals surface area contributed by atoms with Gasteiger partial charge in [-0.25, -0.2) is 0 Å². The number of nitrogens with zero attached hydrogens (tertiary/aromatic N) is 2. The van der Waals surface area contributed by atoms with Gasteiger partial charge in [0.05, 0.1) is 12.6 Å². The van der Waals surface area contributed by atoms with Crippen molar-refractivity contribution in [1.29, 1.82) is 0 Å². The highest BCUT2D eigenvalue weighted by Gasteiger charge is 2.18. The van der Waals surface area contributed by atoms with Crippen molar-refractivity contribution in [2.24, 2.45) is 0 Å². The number of nitrogens with one attached hydrogen (secondary N) is 1. The van der Waals surface area contributed by atoms with E-state index in [9.17, 15) is 0 Å². The maximum atomic E-state index is 5.71. The molecule has 0 aromatic carbocycles. The number of hydrogen-bond acceptors (Lipinski definition) is 3. The highest BCUT2D eigenvalue weighted by atomic mass is 32.1. The lowest BCUT2D eigenvalue weighted by Crippen LogP contribution is -2.17. The molecule has 0 saturated carbocycles. The molecule has 1 atom stereocenters. The predicted molar refractivity (Wildman–Crippen MR) is 92.6 cm³/mol. The largest absolute Gasteiger partial charge is 0.376 e. The lowest BCUT2D eigenvalue weighted by Gasteiger charge is -2.12. The molecule has 5 heteroatoms. The molecule has 1 aromatic rings. The zero-order chi connectivity index (χ0) is 15.6. The van der Waals surface area contributed by atoms with Crippen molar-refractivity contribution < 1.29 is 4.74 Å². The van der Waals surface area contributed by atoms with Crippen LogP contribution in [0.5, 0.6) is 0 Å². The van der Waals surface area contributed by atoms with E-state index in [0.717, 1.165) is 49.4 Å². The molecule has 1 aliphatic rings. The Morgan fingerprint density at radius 1 is 1.27 bits per heavy atom. The van der Waals surface area contributed by atoms with E-state index in [2.05, 4.69) is 21.3 Å². The van der Waals surface area contributed by atoms with Crippen LogP contribution >= 0.6 is 12.2 Å². The van der Waals surface area contributed by atoms with Gasteiger partial charge in [-0.2, -0.15) is 5.10 Å². The van der Waals surface area contributed by atoms with Crippen LogP contribution < -0.4 is 0 Å². The molecule has 2 heterocycles. The first-order valence-corrected chi connectivity index (χ1v) is 9.08. The first-order valence-electron chi connectivity index (χ1n) is 8.68. The lowest BCUT2D eigenvalue weighted by atomic mass is 10.1. The molecule has 1 aliphatic heterocycles. The fraction of sp³-hybridized carbons (Fsp3) is 0.765. The van der Waals surface area contributed by atoms with Crippen LogP contribution in [0.1, 0.15) is 63.6 Å². The minimum atomic E-state index is 0.313. The normalized spacial score (nSPS) is 17.9. The third-order valence-electron chi connectivity index (χ3n) is 4.31. The Bertz CT molecular complexity index is 488. The van der Waals surface area contributed by atoms with Crippen LogP contribution in [0.4, 0.5) is 0 Å². The molecule has 124 valence electrons. The molecule has 0 spiro atoms. The van der Waals surface area contributed by atoms with Crippen LogP contribution in [-0.2, 0) is 17.7 Å². The average molecular weight is 324 g/mol. The number of hydrogen-bond donors (Lipinski definition) is 1. The minimum absolute atomic E-state index is 0.313. The summed E-state index contributed by atoms with van der Waals surface area (Å²) in [6.45, 7) is 5.50.